The van der Waals surface area contributed by atoms with Crippen molar-refractivity contribution in [1.29, 1.82) is 0 Å². The lowest BCUT2D eigenvalue weighted by Crippen LogP contribution is -2.30. The molecule has 1 aromatic heterocycles. The highest BCUT2D eigenvalue weighted by atomic mass is 32.1. The van der Waals surface area contributed by atoms with E-state index in [0.29, 0.717) is 23.8 Å². The van der Waals surface area contributed by atoms with Gasteiger partial charge in [0, 0.05) is 30.1 Å². The predicted molar refractivity (Wildman–Crippen MR) is 89.5 cm³/mol. The summed E-state index contributed by atoms with van der Waals surface area (Å²) in [6.45, 7) is 4.41. The molecule has 0 spiro atoms. The molecule has 118 valence electrons. The second kappa shape index (κ2) is 7.65. The summed E-state index contributed by atoms with van der Waals surface area (Å²) in [5.41, 5.74) is 7.13. The minimum Gasteiger partial charge on any atom is -0.491 e. The number of hydrogen-bond donors (Lipinski definition) is 3. The zero-order valence-corrected chi connectivity index (χ0v) is 13.4. The van der Waals surface area contributed by atoms with Gasteiger partial charge in [0.05, 0.1) is 11.8 Å². The molecular formula is C15H20N4O2S. The number of urea groups is 1. The van der Waals surface area contributed by atoms with Crippen molar-refractivity contribution < 1.29 is 9.53 Å². The summed E-state index contributed by atoms with van der Waals surface area (Å²) >= 11 is 1.40. The molecule has 0 aliphatic rings. The second-order valence-electron chi connectivity index (χ2n) is 5.00. The van der Waals surface area contributed by atoms with E-state index in [1.165, 1.54) is 11.3 Å². The Balaban J connectivity index is 1.79. The number of aromatic nitrogens is 1. The molecule has 1 aromatic carbocycles. The number of carbonyl (C=O) groups excluding carboxylic acids is 1. The molecule has 2 rings (SSSR count). The molecule has 22 heavy (non-hydrogen) atoms. The van der Waals surface area contributed by atoms with Crippen LogP contribution in [-0.4, -0.2) is 23.7 Å². The normalized spacial score (nSPS) is 10.5. The molecule has 0 saturated carbocycles. The van der Waals surface area contributed by atoms with Crippen LogP contribution in [0.3, 0.4) is 0 Å². The number of carbonyl (C=O) groups is 1. The fraction of sp³-hybridized carbons (Fsp3) is 0.333. The first kappa shape index (κ1) is 16.1. The number of nitrogens with one attached hydrogen (secondary N) is 2. The number of nitrogens with zero attached hydrogens (tertiary/aromatic N) is 1. The molecule has 0 unspecified atom stereocenters. The zero-order chi connectivity index (χ0) is 15.9. The second-order valence-corrected chi connectivity index (χ2v) is 5.89. The first-order valence-electron chi connectivity index (χ1n) is 7.04. The van der Waals surface area contributed by atoms with Gasteiger partial charge in [0.15, 0.2) is 5.13 Å². The minimum atomic E-state index is -0.259. The maximum Gasteiger partial charge on any atom is 0.319 e. The standard InChI is InChI=1S/C15H20N4O2S/c1-10(2)21-13-5-3-4-11(8-13)19-15(20)17-7-6-12-9-22-14(16)18-12/h3-5,8-10H,6-7H2,1-2H3,(H2,16,18)(H2,17,19,20). The average molecular weight is 320 g/mol. The van der Waals surface area contributed by atoms with Crippen molar-refractivity contribution in [3.63, 3.8) is 0 Å². The largest absolute Gasteiger partial charge is 0.491 e. The highest BCUT2D eigenvalue weighted by Gasteiger charge is 2.04. The highest BCUT2D eigenvalue weighted by Crippen LogP contribution is 2.18. The van der Waals surface area contributed by atoms with Gasteiger partial charge in [-0.05, 0) is 26.0 Å². The Morgan fingerprint density at radius 2 is 2.27 bits per heavy atom. The van der Waals surface area contributed by atoms with Gasteiger partial charge in [-0.3, -0.25) is 0 Å². The molecule has 0 aliphatic carbocycles. The van der Waals surface area contributed by atoms with E-state index in [-0.39, 0.29) is 12.1 Å². The number of amides is 2. The highest BCUT2D eigenvalue weighted by molar-refractivity contribution is 7.13. The van der Waals surface area contributed by atoms with Gasteiger partial charge in [-0.25, -0.2) is 9.78 Å². The monoisotopic (exact) mass is 320 g/mol. The van der Waals surface area contributed by atoms with Crippen LogP contribution in [0.15, 0.2) is 29.6 Å². The minimum absolute atomic E-state index is 0.0922. The molecule has 2 amide bonds. The third-order valence-electron chi connectivity index (χ3n) is 2.70. The van der Waals surface area contributed by atoms with E-state index in [4.69, 9.17) is 10.5 Å². The number of benzene rings is 1. The van der Waals surface area contributed by atoms with Crippen LogP contribution in [0.1, 0.15) is 19.5 Å². The summed E-state index contributed by atoms with van der Waals surface area (Å²) in [5, 5.41) is 7.99. The molecule has 0 atom stereocenters. The number of ether oxygens (including phenoxy) is 1. The van der Waals surface area contributed by atoms with Gasteiger partial charge in [-0.1, -0.05) is 6.07 Å². The van der Waals surface area contributed by atoms with Gasteiger partial charge >= 0.3 is 6.03 Å². The Labute approximate surface area is 133 Å². The lowest BCUT2D eigenvalue weighted by atomic mass is 10.3. The van der Waals surface area contributed by atoms with Crippen molar-refractivity contribution in [2.24, 2.45) is 0 Å². The lowest BCUT2D eigenvalue weighted by Gasteiger charge is -2.12. The van der Waals surface area contributed by atoms with Crippen LogP contribution >= 0.6 is 11.3 Å². The Morgan fingerprint density at radius 3 is 2.95 bits per heavy atom. The molecule has 7 heteroatoms. The fourth-order valence-corrected chi connectivity index (χ4v) is 2.43. The number of rotatable bonds is 6. The van der Waals surface area contributed by atoms with Crippen LogP contribution in [0.2, 0.25) is 0 Å². The summed E-state index contributed by atoms with van der Waals surface area (Å²) in [4.78, 5) is 16.0. The van der Waals surface area contributed by atoms with Gasteiger partial charge < -0.3 is 21.1 Å². The van der Waals surface area contributed by atoms with Crippen molar-refractivity contribution >= 4 is 28.2 Å². The van der Waals surface area contributed by atoms with E-state index in [2.05, 4.69) is 15.6 Å². The summed E-state index contributed by atoms with van der Waals surface area (Å²) in [6.07, 6.45) is 0.743. The number of thiazole rings is 1. The Hall–Kier alpha value is -2.28. The van der Waals surface area contributed by atoms with Gasteiger partial charge in [0.25, 0.3) is 0 Å². The Kier molecular flexibility index (Phi) is 5.60. The zero-order valence-electron chi connectivity index (χ0n) is 12.6. The fourth-order valence-electron chi connectivity index (χ4n) is 1.84. The van der Waals surface area contributed by atoms with Crippen molar-refractivity contribution in [2.75, 3.05) is 17.6 Å². The number of nitrogens with two attached hydrogens (primary N) is 1. The predicted octanol–water partition coefficient (Wildman–Crippen LogP) is 2.88. The third kappa shape index (κ3) is 5.25. The molecule has 2 aromatic rings. The van der Waals surface area contributed by atoms with Gasteiger partial charge in [-0.15, -0.1) is 11.3 Å². The number of nitrogen functional groups attached to an aromatic ring is 1. The Morgan fingerprint density at radius 1 is 1.45 bits per heavy atom. The molecule has 0 bridgehead atoms. The quantitative estimate of drug-likeness (QED) is 0.763. The summed E-state index contributed by atoms with van der Waals surface area (Å²) in [6, 6.07) is 7.04. The van der Waals surface area contributed by atoms with E-state index in [1.807, 2.05) is 37.4 Å². The third-order valence-corrected chi connectivity index (χ3v) is 3.42. The van der Waals surface area contributed by atoms with Gasteiger partial charge in [-0.2, -0.15) is 0 Å². The SMILES string of the molecule is CC(C)Oc1cccc(NC(=O)NCCc2csc(N)n2)c1. The van der Waals surface area contributed by atoms with Crippen LogP contribution in [0.4, 0.5) is 15.6 Å². The van der Waals surface area contributed by atoms with Crippen LogP contribution in [0.25, 0.3) is 0 Å². The van der Waals surface area contributed by atoms with Crippen LogP contribution in [0, 0.1) is 0 Å². The molecule has 0 fully saturated rings. The maximum atomic E-state index is 11.8. The molecule has 0 radical (unpaired) electrons. The van der Waals surface area contributed by atoms with Crippen LogP contribution in [-0.2, 0) is 6.42 Å². The van der Waals surface area contributed by atoms with E-state index in [9.17, 15) is 4.79 Å². The van der Waals surface area contributed by atoms with Crippen molar-refractivity contribution in [3.05, 3.63) is 35.3 Å². The van der Waals surface area contributed by atoms with E-state index in [1.54, 1.807) is 6.07 Å². The molecule has 0 saturated heterocycles. The summed E-state index contributed by atoms with van der Waals surface area (Å²) in [7, 11) is 0. The van der Waals surface area contributed by atoms with E-state index < -0.39 is 0 Å². The topological polar surface area (TPSA) is 89.3 Å². The number of anilines is 2. The van der Waals surface area contributed by atoms with Gasteiger partial charge in [0.2, 0.25) is 0 Å². The molecule has 6 nitrogen and oxygen atoms in total. The van der Waals surface area contributed by atoms with Gasteiger partial charge in [0.1, 0.15) is 5.75 Å². The van der Waals surface area contributed by atoms with E-state index in [0.717, 1.165) is 11.4 Å². The Bertz CT molecular complexity index is 628. The summed E-state index contributed by atoms with van der Waals surface area (Å²) < 4.78 is 5.59. The van der Waals surface area contributed by atoms with E-state index >= 15 is 0 Å². The number of hydrogen-bond acceptors (Lipinski definition) is 5. The molecule has 1 heterocycles. The first-order chi connectivity index (χ1) is 10.5. The van der Waals surface area contributed by atoms with Crippen LogP contribution < -0.4 is 21.1 Å². The van der Waals surface area contributed by atoms with Crippen LogP contribution in [0.5, 0.6) is 5.75 Å². The smallest absolute Gasteiger partial charge is 0.319 e. The molecule has 4 N–H and O–H groups in total. The van der Waals surface area contributed by atoms with Crippen molar-refractivity contribution in [2.45, 2.75) is 26.4 Å². The van der Waals surface area contributed by atoms with Crippen molar-refractivity contribution in [1.82, 2.24) is 10.3 Å². The molecular weight excluding hydrogens is 300 g/mol. The summed E-state index contributed by atoms with van der Waals surface area (Å²) in [5.74, 6) is 0.728. The molecule has 0 aliphatic heterocycles. The van der Waals surface area contributed by atoms with Crippen molar-refractivity contribution in [3.8, 4) is 5.75 Å². The lowest BCUT2D eigenvalue weighted by molar-refractivity contribution is 0.242. The first-order valence-corrected chi connectivity index (χ1v) is 7.92. The average Bonchev–Trinajstić information content (AvgIpc) is 2.84. The maximum absolute atomic E-state index is 11.8.